The third kappa shape index (κ3) is 4.53. The summed E-state index contributed by atoms with van der Waals surface area (Å²) in [6.45, 7) is 1.28. The fraction of sp³-hybridized carbons (Fsp3) is 0.263. The van der Waals surface area contributed by atoms with Gasteiger partial charge < -0.3 is 10.1 Å². The molecule has 10 heteroatoms. The van der Waals surface area contributed by atoms with E-state index in [0.717, 1.165) is 22.4 Å². The molecule has 1 aromatic heterocycles. The number of fused-ring (bicyclic) bond motifs is 1. The Bertz CT molecular complexity index is 1090. The molecule has 0 aliphatic rings. The predicted octanol–water partition coefficient (Wildman–Crippen LogP) is 2.70. The highest BCUT2D eigenvalue weighted by Gasteiger charge is 2.31. The van der Waals surface area contributed by atoms with Crippen molar-refractivity contribution in [1.82, 2.24) is 20.3 Å². The van der Waals surface area contributed by atoms with Gasteiger partial charge in [-0.3, -0.25) is 9.59 Å². The average molecular weight is 406 g/mol. The first-order chi connectivity index (χ1) is 13.7. The molecule has 1 atom stereocenters. The quantitative estimate of drug-likeness (QED) is 0.704. The Balaban J connectivity index is 1.78. The van der Waals surface area contributed by atoms with Crippen molar-refractivity contribution in [2.75, 3.05) is 7.11 Å². The number of hydrogen-bond acceptors (Lipinski definition) is 5. The van der Waals surface area contributed by atoms with Gasteiger partial charge in [-0.2, -0.15) is 13.2 Å². The fourth-order valence-electron chi connectivity index (χ4n) is 2.76. The van der Waals surface area contributed by atoms with Crippen LogP contribution >= 0.6 is 0 Å². The van der Waals surface area contributed by atoms with Gasteiger partial charge in [0.15, 0.2) is 0 Å². The highest BCUT2D eigenvalue weighted by Crippen LogP contribution is 2.30. The van der Waals surface area contributed by atoms with Gasteiger partial charge >= 0.3 is 6.18 Å². The number of rotatable bonds is 5. The zero-order valence-corrected chi connectivity index (χ0v) is 15.5. The number of aromatic nitrogens is 3. The van der Waals surface area contributed by atoms with Gasteiger partial charge in [-0.05, 0) is 42.8 Å². The predicted molar refractivity (Wildman–Crippen MR) is 98.4 cm³/mol. The summed E-state index contributed by atoms with van der Waals surface area (Å²) in [7, 11) is 1.54. The van der Waals surface area contributed by atoms with Gasteiger partial charge in [-0.1, -0.05) is 17.3 Å². The van der Waals surface area contributed by atoms with Crippen molar-refractivity contribution in [1.29, 1.82) is 0 Å². The monoisotopic (exact) mass is 406 g/mol. The van der Waals surface area contributed by atoms with Crippen LogP contribution in [0.25, 0.3) is 10.9 Å². The standard InChI is InChI=1S/C19H17F3N4O3/c1-11(12-3-6-14(29-2)7-4-12)23-17(27)10-26-18(28)15-9-13(19(20,21)22)5-8-16(15)24-25-26/h3-9,11H,10H2,1-2H3,(H,23,27). The van der Waals surface area contributed by atoms with Crippen LogP contribution in [0.1, 0.15) is 24.1 Å². The summed E-state index contributed by atoms with van der Waals surface area (Å²) < 4.78 is 44.5. The Kier molecular flexibility index (Phi) is 5.53. The Morgan fingerprint density at radius 1 is 1.21 bits per heavy atom. The van der Waals surface area contributed by atoms with Crippen molar-refractivity contribution in [3.8, 4) is 5.75 Å². The summed E-state index contributed by atoms with van der Waals surface area (Å²) in [5, 5.41) is 9.81. The Hall–Kier alpha value is -3.43. The molecule has 0 bridgehead atoms. The highest BCUT2D eigenvalue weighted by molar-refractivity contribution is 5.79. The van der Waals surface area contributed by atoms with Crippen LogP contribution in [0.3, 0.4) is 0 Å². The molecular weight excluding hydrogens is 389 g/mol. The van der Waals surface area contributed by atoms with Gasteiger partial charge in [0.25, 0.3) is 5.56 Å². The largest absolute Gasteiger partial charge is 0.497 e. The van der Waals surface area contributed by atoms with Crippen LogP contribution in [0.15, 0.2) is 47.3 Å². The molecule has 0 aliphatic heterocycles. The first kappa shape index (κ1) is 20.3. The summed E-state index contributed by atoms with van der Waals surface area (Å²) in [6.07, 6.45) is -4.60. The van der Waals surface area contributed by atoms with E-state index in [1.807, 2.05) is 0 Å². The maximum Gasteiger partial charge on any atom is 0.416 e. The number of ether oxygens (including phenoxy) is 1. The highest BCUT2D eigenvalue weighted by atomic mass is 19.4. The molecule has 0 saturated carbocycles. The van der Waals surface area contributed by atoms with Crippen LogP contribution in [0.4, 0.5) is 13.2 Å². The van der Waals surface area contributed by atoms with Crippen molar-refractivity contribution in [3.05, 3.63) is 63.9 Å². The molecule has 0 spiro atoms. The summed E-state index contributed by atoms with van der Waals surface area (Å²) in [4.78, 5) is 24.8. The summed E-state index contributed by atoms with van der Waals surface area (Å²) in [6, 6.07) is 9.29. The minimum atomic E-state index is -4.60. The SMILES string of the molecule is COc1ccc(C(C)NC(=O)Cn2nnc3ccc(C(F)(F)F)cc3c2=O)cc1. The van der Waals surface area contributed by atoms with Crippen molar-refractivity contribution in [2.45, 2.75) is 25.7 Å². The van der Waals surface area contributed by atoms with Crippen molar-refractivity contribution in [3.63, 3.8) is 0 Å². The van der Waals surface area contributed by atoms with E-state index >= 15 is 0 Å². The summed E-state index contributed by atoms with van der Waals surface area (Å²) in [5.74, 6) is 0.138. The minimum Gasteiger partial charge on any atom is -0.497 e. The molecule has 1 heterocycles. The van der Waals surface area contributed by atoms with Crippen LogP contribution in [-0.2, 0) is 17.5 Å². The number of carbonyl (C=O) groups is 1. The molecule has 1 amide bonds. The second kappa shape index (κ2) is 7.90. The Labute approximate surface area is 163 Å². The lowest BCUT2D eigenvalue weighted by atomic mass is 10.1. The third-order valence-electron chi connectivity index (χ3n) is 4.34. The molecule has 0 radical (unpaired) electrons. The van der Waals surface area contributed by atoms with E-state index in [1.54, 1.807) is 38.3 Å². The molecule has 152 valence electrons. The maximum atomic E-state index is 12.9. The molecular formula is C19H17F3N4O3. The van der Waals surface area contributed by atoms with Gasteiger partial charge in [0, 0.05) is 0 Å². The first-order valence-electron chi connectivity index (χ1n) is 8.57. The van der Waals surface area contributed by atoms with Crippen LogP contribution in [-0.4, -0.2) is 28.0 Å². The van der Waals surface area contributed by atoms with E-state index in [0.29, 0.717) is 11.8 Å². The number of amides is 1. The summed E-state index contributed by atoms with van der Waals surface area (Å²) in [5.41, 5.74) is -0.968. The number of methoxy groups -OCH3 is 1. The first-order valence-corrected chi connectivity index (χ1v) is 8.57. The number of alkyl halides is 3. The molecule has 0 fully saturated rings. The van der Waals surface area contributed by atoms with Crippen LogP contribution < -0.4 is 15.6 Å². The number of nitrogens with zero attached hydrogens (tertiary/aromatic N) is 3. The van der Waals surface area contributed by atoms with E-state index in [2.05, 4.69) is 15.6 Å². The lowest BCUT2D eigenvalue weighted by Gasteiger charge is -2.15. The van der Waals surface area contributed by atoms with Crippen LogP contribution in [0, 0.1) is 0 Å². The zero-order chi connectivity index (χ0) is 21.2. The number of carbonyl (C=O) groups excluding carboxylic acids is 1. The maximum absolute atomic E-state index is 12.9. The molecule has 3 aromatic rings. The Morgan fingerprint density at radius 3 is 2.52 bits per heavy atom. The van der Waals surface area contributed by atoms with E-state index in [4.69, 9.17) is 4.74 Å². The number of nitrogens with one attached hydrogen (secondary N) is 1. The second-order valence-corrected chi connectivity index (χ2v) is 6.34. The van der Waals surface area contributed by atoms with Gasteiger partial charge in [-0.15, -0.1) is 5.10 Å². The van der Waals surface area contributed by atoms with Gasteiger partial charge in [0.2, 0.25) is 5.91 Å². The molecule has 3 rings (SSSR count). The molecule has 0 aliphatic carbocycles. The van der Waals surface area contributed by atoms with Crippen molar-refractivity contribution < 1.29 is 22.7 Å². The van der Waals surface area contributed by atoms with E-state index < -0.39 is 29.8 Å². The Morgan fingerprint density at radius 2 is 1.90 bits per heavy atom. The van der Waals surface area contributed by atoms with Gasteiger partial charge in [0.1, 0.15) is 17.8 Å². The average Bonchev–Trinajstić information content (AvgIpc) is 2.69. The van der Waals surface area contributed by atoms with E-state index in [-0.39, 0.29) is 16.9 Å². The molecule has 2 aromatic carbocycles. The number of benzene rings is 2. The lowest BCUT2D eigenvalue weighted by Crippen LogP contribution is -2.35. The number of halogens is 3. The summed E-state index contributed by atoms with van der Waals surface area (Å²) >= 11 is 0. The van der Waals surface area contributed by atoms with Crippen molar-refractivity contribution in [2.24, 2.45) is 0 Å². The van der Waals surface area contributed by atoms with Crippen LogP contribution in [0.2, 0.25) is 0 Å². The van der Waals surface area contributed by atoms with E-state index in [9.17, 15) is 22.8 Å². The lowest BCUT2D eigenvalue weighted by molar-refractivity contribution is -0.137. The van der Waals surface area contributed by atoms with Gasteiger partial charge in [-0.25, -0.2) is 4.68 Å². The topological polar surface area (TPSA) is 86.1 Å². The molecule has 29 heavy (non-hydrogen) atoms. The fourth-order valence-corrected chi connectivity index (χ4v) is 2.76. The van der Waals surface area contributed by atoms with Crippen molar-refractivity contribution >= 4 is 16.8 Å². The van der Waals surface area contributed by atoms with Crippen LogP contribution in [0.5, 0.6) is 5.75 Å². The van der Waals surface area contributed by atoms with Gasteiger partial charge in [0.05, 0.1) is 24.1 Å². The molecule has 1 N–H and O–H groups in total. The number of hydrogen-bond donors (Lipinski definition) is 1. The van der Waals surface area contributed by atoms with E-state index in [1.165, 1.54) is 0 Å². The molecule has 7 nitrogen and oxygen atoms in total. The second-order valence-electron chi connectivity index (χ2n) is 6.34. The minimum absolute atomic E-state index is 0.0197. The smallest absolute Gasteiger partial charge is 0.416 e. The normalized spacial score (nSPS) is 12.6. The molecule has 1 unspecified atom stereocenters. The zero-order valence-electron chi connectivity index (χ0n) is 15.5. The third-order valence-corrected chi connectivity index (χ3v) is 4.34. The molecule has 0 saturated heterocycles.